The van der Waals surface area contributed by atoms with Gasteiger partial charge in [-0.05, 0) is 36.5 Å². The van der Waals surface area contributed by atoms with Crippen LogP contribution in [0.2, 0.25) is 0 Å². The number of nitrogen functional groups attached to an aromatic ring is 1. The minimum absolute atomic E-state index is 0.128. The van der Waals surface area contributed by atoms with Crippen molar-refractivity contribution >= 4 is 11.6 Å². The zero-order valence-corrected chi connectivity index (χ0v) is 11.7. The van der Waals surface area contributed by atoms with Gasteiger partial charge < -0.3 is 11.1 Å². The maximum Gasteiger partial charge on any atom is 0.224 e. The fourth-order valence-electron chi connectivity index (χ4n) is 2.79. The van der Waals surface area contributed by atoms with Crippen LogP contribution in [0.1, 0.15) is 44.6 Å². The quantitative estimate of drug-likeness (QED) is 0.648. The van der Waals surface area contributed by atoms with Crippen molar-refractivity contribution in [3.8, 4) is 0 Å². The molecule has 1 amide bonds. The van der Waals surface area contributed by atoms with E-state index in [4.69, 9.17) is 5.73 Å². The SMILES string of the molecule is CC1CCCCCC1NC(=O)Cc1ccc(N)cc1. The average molecular weight is 260 g/mol. The lowest BCUT2D eigenvalue weighted by atomic mass is 9.96. The molecule has 0 aliphatic heterocycles. The molecule has 3 N–H and O–H groups in total. The summed E-state index contributed by atoms with van der Waals surface area (Å²) in [5, 5.41) is 3.20. The van der Waals surface area contributed by atoms with Gasteiger partial charge in [-0.1, -0.05) is 38.3 Å². The molecule has 3 heteroatoms. The lowest BCUT2D eigenvalue weighted by Gasteiger charge is -2.22. The summed E-state index contributed by atoms with van der Waals surface area (Å²) >= 11 is 0. The lowest BCUT2D eigenvalue weighted by molar-refractivity contribution is -0.121. The maximum atomic E-state index is 12.1. The third kappa shape index (κ3) is 4.27. The highest BCUT2D eigenvalue weighted by atomic mass is 16.1. The van der Waals surface area contributed by atoms with Gasteiger partial charge in [0.05, 0.1) is 6.42 Å². The van der Waals surface area contributed by atoms with E-state index in [2.05, 4.69) is 12.2 Å². The Kier molecular flexibility index (Phi) is 4.83. The molecule has 2 unspecified atom stereocenters. The summed E-state index contributed by atoms with van der Waals surface area (Å²) in [5.41, 5.74) is 7.40. The Morgan fingerprint density at radius 2 is 1.89 bits per heavy atom. The van der Waals surface area contributed by atoms with E-state index >= 15 is 0 Å². The monoisotopic (exact) mass is 260 g/mol. The number of nitrogens with two attached hydrogens (primary N) is 1. The van der Waals surface area contributed by atoms with Gasteiger partial charge in [0, 0.05) is 11.7 Å². The number of amides is 1. The largest absolute Gasteiger partial charge is 0.399 e. The number of benzene rings is 1. The van der Waals surface area contributed by atoms with Crippen LogP contribution in [-0.2, 0) is 11.2 Å². The van der Waals surface area contributed by atoms with Gasteiger partial charge >= 0.3 is 0 Å². The van der Waals surface area contributed by atoms with Crippen LogP contribution in [0.5, 0.6) is 0 Å². The molecule has 3 nitrogen and oxygen atoms in total. The molecule has 104 valence electrons. The second-order valence-corrected chi connectivity index (χ2v) is 5.71. The van der Waals surface area contributed by atoms with Gasteiger partial charge in [-0.25, -0.2) is 0 Å². The van der Waals surface area contributed by atoms with E-state index in [1.54, 1.807) is 0 Å². The van der Waals surface area contributed by atoms with Crippen LogP contribution < -0.4 is 11.1 Å². The van der Waals surface area contributed by atoms with E-state index in [0.29, 0.717) is 18.4 Å². The van der Waals surface area contributed by atoms with E-state index in [9.17, 15) is 4.79 Å². The minimum Gasteiger partial charge on any atom is -0.399 e. The number of nitrogens with one attached hydrogen (secondary N) is 1. The Morgan fingerprint density at radius 1 is 1.21 bits per heavy atom. The summed E-state index contributed by atoms with van der Waals surface area (Å²) in [6.45, 7) is 2.25. The first kappa shape index (κ1) is 13.9. The zero-order valence-electron chi connectivity index (χ0n) is 11.7. The number of hydrogen-bond donors (Lipinski definition) is 2. The fraction of sp³-hybridized carbons (Fsp3) is 0.562. The van der Waals surface area contributed by atoms with Gasteiger partial charge in [0.2, 0.25) is 5.91 Å². The Balaban J connectivity index is 1.87. The molecule has 1 aromatic carbocycles. The van der Waals surface area contributed by atoms with Crippen LogP contribution in [0.15, 0.2) is 24.3 Å². The predicted octanol–water partition coefficient (Wildman–Crippen LogP) is 2.90. The summed E-state index contributed by atoms with van der Waals surface area (Å²) in [6, 6.07) is 7.88. The Bertz CT molecular complexity index is 413. The van der Waals surface area contributed by atoms with E-state index in [1.165, 1.54) is 25.7 Å². The molecule has 0 radical (unpaired) electrons. The molecule has 2 rings (SSSR count). The molecule has 0 saturated heterocycles. The van der Waals surface area contributed by atoms with Crippen molar-refractivity contribution in [3.05, 3.63) is 29.8 Å². The highest BCUT2D eigenvalue weighted by Gasteiger charge is 2.21. The molecule has 1 saturated carbocycles. The van der Waals surface area contributed by atoms with Crippen LogP contribution in [0.25, 0.3) is 0 Å². The first-order valence-electron chi connectivity index (χ1n) is 7.29. The Labute approximate surface area is 115 Å². The molecule has 0 bridgehead atoms. The van der Waals surface area contributed by atoms with Gasteiger partial charge in [0.25, 0.3) is 0 Å². The fourth-order valence-corrected chi connectivity index (χ4v) is 2.79. The van der Waals surface area contributed by atoms with Crippen molar-refractivity contribution in [2.45, 2.75) is 51.5 Å². The van der Waals surface area contributed by atoms with Crippen molar-refractivity contribution in [2.75, 3.05) is 5.73 Å². The number of carbonyl (C=O) groups excluding carboxylic acids is 1. The molecule has 1 fully saturated rings. The number of carbonyl (C=O) groups is 1. The van der Waals surface area contributed by atoms with Crippen molar-refractivity contribution in [1.29, 1.82) is 0 Å². The third-order valence-electron chi connectivity index (χ3n) is 4.05. The maximum absolute atomic E-state index is 12.1. The van der Waals surface area contributed by atoms with Gasteiger partial charge in [-0.2, -0.15) is 0 Å². The van der Waals surface area contributed by atoms with Crippen LogP contribution in [0, 0.1) is 5.92 Å². The van der Waals surface area contributed by atoms with Crippen molar-refractivity contribution in [3.63, 3.8) is 0 Å². The van der Waals surface area contributed by atoms with Gasteiger partial charge in [0.1, 0.15) is 0 Å². The minimum atomic E-state index is 0.128. The Hall–Kier alpha value is -1.51. The second-order valence-electron chi connectivity index (χ2n) is 5.71. The first-order chi connectivity index (χ1) is 9.15. The van der Waals surface area contributed by atoms with Gasteiger partial charge in [0.15, 0.2) is 0 Å². The van der Waals surface area contributed by atoms with Crippen LogP contribution >= 0.6 is 0 Å². The predicted molar refractivity (Wildman–Crippen MR) is 78.7 cm³/mol. The van der Waals surface area contributed by atoms with Gasteiger partial charge in [-0.3, -0.25) is 4.79 Å². The molecule has 1 aliphatic carbocycles. The molecule has 0 aromatic heterocycles. The lowest BCUT2D eigenvalue weighted by Crippen LogP contribution is -2.39. The topological polar surface area (TPSA) is 55.1 Å². The van der Waals surface area contributed by atoms with Gasteiger partial charge in [-0.15, -0.1) is 0 Å². The summed E-state index contributed by atoms with van der Waals surface area (Å²) in [7, 11) is 0. The standard InChI is InChI=1S/C16H24N2O/c1-12-5-3-2-4-6-15(12)18-16(19)11-13-7-9-14(17)10-8-13/h7-10,12,15H,2-6,11,17H2,1H3,(H,18,19). The van der Waals surface area contributed by atoms with Crippen LogP contribution in [0.3, 0.4) is 0 Å². The summed E-state index contributed by atoms with van der Waals surface area (Å²) in [6.07, 6.45) is 6.63. The molecular weight excluding hydrogens is 236 g/mol. The number of anilines is 1. The van der Waals surface area contributed by atoms with Crippen molar-refractivity contribution in [1.82, 2.24) is 5.32 Å². The molecular formula is C16H24N2O. The van der Waals surface area contributed by atoms with Crippen LogP contribution in [0.4, 0.5) is 5.69 Å². The van der Waals surface area contributed by atoms with E-state index in [0.717, 1.165) is 17.7 Å². The molecule has 0 spiro atoms. The van der Waals surface area contributed by atoms with E-state index in [-0.39, 0.29) is 5.91 Å². The normalized spacial score (nSPS) is 23.6. The molecule has 1 aliphatic rings. The summed E-state index contributed by atoms with van der Waals surface area (Å²) in [4.78, 5) is 12.1. The third-order valence-corrected chi connectivity index (χ3v) is 4.05. The second kappa shape index (κ2) is 6.60. The number of rotatable bonds is 3. The highest BCUT2D eigenvalue weighted by Crippen LogP contribution is 2.23. The number of hydrogen-bond acceptors (Lipinski definition) is 2. The first-order valence-corrected chi connectivity index (χ1v) is 7.29. The van der Waals surface area contributed by atoms with E-state index in [1.807, 2.05) is 24.3 Å². The summed E-state index contributed by atoms with van der Waals surface area (Å²) in [5.74, 6) is 0.724. The van der Waals surface area contributed by atoms with E-state index < -0.39 is 0 Å². The molecule has 1 aromatic rings. The molecule has 0 heterocycles. The van der Waals surface area contributed by atoms with Crippen molar-refractivity contribution < 1.29 is 4.79 Å². The molecule has 19 heavy (non-hydrogen) atoms. The smallest absolute Gasteiger partial charge is 0.224 e. The Morgan fingerprint density at radius 3 is 2.63 bits per heavy atom. The van der Waals surface area contributed by atoms with Crippen LogP contribution in [-0.4, -0.2) is 11.9 Å². The average Bonchev–Trinajstić information content (AvgIpc) is 2.58. The molecule has 2 atom stereocenters. The zero-order chi connectivity index (χ0) is 13.7. The summed E-state index contributed by atoms with van der Waals surface area (Å²) < 4.78 is 0. The highest BCUT2D eigenvalue weighted by molar-refractivity contribution is 5.79. The van der Waals surface area contributed by atoms with Crippen molar-refractivity contribution in [2.24, 2.45) is 5.92 Å².